The fourth-order valence-corrected chi connectivity index (χ4v) is 2.81. The Hall–Kier alpha value is -2.89. The summed E-state index contributed by atoms with van der Waals surface area (Å²) in [7, 11) is 0. The number of carbonyl (C=O) groups excluding carboxylic acids is 2. The van der Waals surface area contributed by atoms with Crippen molar-refractivity contribution < 1.29 is 14.3 Å². The average Bonchev–Trinajstić information content (AvgIpc) is 3.17. The molecule has 0 unspecified atom stereocenters. The molecule has 1 amide bonds. The summed E-state index contributed by atoms with van der Waals surface area (Å²) >= 11 is 0. The van der Waals surface area contributed by atoms with Crippen molar-refractivity contribution >= 4 is 23.3 Å². The first-order chi connectivity index (χ1) is 12.2. The zero-order valence-corrected chi connectivity index (χ0v) is 14.2. The van der Waals surface area contributed by atoms with Crippen molar-refractivity contribution in [3.05, 3.63) is 53.9 Å². The number of esters is 1. The SMILES string of the molecule is CCOC(=O)c1ccccc1Nc1ccc(C(=O)N2CCCC2)nc1. The summed E-state index contributed by atoms with van der Waals surface area (Å²) in [5.41, 5.74) is 2.24. The molecule has 3 rings (SSSR count). The number of aromatic nitrogens is 1. The lowest BCUT2D eigenvalue weighted by Gasteiger charge is -2.15. The van der Waals surface area contributed by atoms with Gasteiger partial charge in [0.05, 0.1) is 29.7 Å². The van der Waals surface area contributed by atoms with Crippen molar-refractivity contribution in [2.75, 3.05) is 25.0 Å². The summed E-state index contributed by atoms with van der Waals surface area (Å²) in [4.78, 5) is 30.4. The molecular weight excluding hydrogens is 318 g/mol. The van der Waals surface area contributed by atoms with Crippen LogP contribution in [0.15, 0.2) is 42.6 Å². The molecular formula is C19H21N3O3. The van der Waals surface area contributed by atoms with Crippen molar-refractivity contribution in [3.63, 3.8) is 0 Å². The van der Waals surface area contributed by atoms with E-state index in [4.69, 9.17) is 4.74 Å². The third-order valence-electron chi connectivity index (χ3n) is 4.08. The van der Waals surface area contributed by atoms with E-state index in [0.29, 0.717) is 29.2 Å². The number of benzene rings is 1. The molecule has 1 N–H and O–H groups in total. The second-order valence-electron chi connectivity index (χ2n) is 5.82. The average molecular weight is 339 g/mol. The highest BCUT2D eigenvalue weighted by molar-refractivity contribution is 5.96. The maximum Gasteiger partial charge on any atom is 0.340 e. The first-order valence-corrected chi connectivity index (χ1v) is 8.47. The monoisotopic (exact) mass is 339 g/mol. The van der Waals surface area contributed by atoms with Gasteiger partial charge in [0.2, 0.25) is 0 Å². The number of nitrogens with one attached hydrogen (secondary N) is 1. The van der Waals surface area contributed by atoms with Gasteiger partial charge in [-0.2, -0.15) is 0 Å². The lowest BCUT2D eigenvalue weighted by molar-refractivity contribution is 0.0527. The molecule has 0 aliphatic carbocycles. The fourth-order valence-electron chi connectivity index (χ4n) is 2.81. The van der Waals surface area contributed by atoms with Gasteiger partial charge in [0.15, 0.2) is 0 Å². The Morgan fingerprint density at radius 3 is 2.60 bits per heavy atom. The third kappa shape index (κ3) is 3.96. The second kappa shape index (κ2) is 7.79. The maximum absolute atomic E-state index is 12.3. The molecule has 1 aliphatic rings. The second-order valence-corrected chi connectivity index (χ2v) is 5.82. The van der Waals surface area contributed by atoms with E-state index >= 15 is 0 Å². The van der Waals surface area contributed by atoms with E-state index in [-0.39, 0.29) is 11.9 Å². The number of likely N-dealkylation sites (tertiary alicyclic amines) is 1. The van der Waals surface area contributed by atoms with Crippen LogP contribution in [0.2, 0.25) is 0 Å². The van der Waals surface area contributed by atoms with E-state index in [0.717, 1.165) is 25.9 Å². The Balaban J connectivity index is 1.74. The van der Waals surface area contributed by atoms with Crippen molar-refractivity contribution in [1.29, 1.82) is 0 Å². The van der Waals surface area contributed by atoms with Gasteiger partial charge >= 0.3 is 5.97 Å². The van der Waals surface area contributed by atoms with Crippen LogP contribution >= 0.6 is 0 Å². The molecule has 0 radical (unpaired) electrons. The van der Waals surface area contributed by atoms with Crippen LogP contribution < -0.4 is 5.32 Å². The van der Waals surface area contributed by atoms with Gasteiger partial charge in [-0.15, -0.1) is 0 Å². The largest absolute Gasteiger partial charge is 0.462 e. The topological polar surface area (TPSA) is 71.5 Å². The van der Waals surface area contributed by atoms with Crippen LogP contribution in [-0.4, -0.2) is 41.5 Å². The van der Waals surface area contributed by atoms with Gasteiger partial charge in [-0.3, -0.25) is 4.79 Å². The number of anilines is 2. The standard InChI is InChI=1S/C19H21N3O3/c1-2-25-19(24)15-7-3-4-8-16(15)21-14-9-10-17(20-13-14)18(23)22-11-5-6-12-22/h3-4,7-10,13,21H,2,5-6,11-12H2,1H3. The molecule has 0 bridgehead atoms. The van der Waals surface area contributed by atoms with E-state index in [2.05, 4.69) is 10.3 Å². The highest BCUT2D eigenvalue weighted by atomic mass is 16.5. The highest BCUT2D eigenvalue weighted by Gasteiger charge is 2.20. The predicted octanol–water partition coefficient (Wildman–Crippen LogP) is 3.24. The van der Waals surface area contributed by atoms with Crippen LogP contribution in [0.25, 0.3) is 0 Å². The van der Waals surface area contributed by atoms with Gasteiger partial charge in [0.25, 0.3) is 5.91 Å². The molecule has 1 aromatic carbocycles. The van der Waals surface area contributed by atoms with Crippen molar-refractivity contribution in [2.24, 2.45) is 0 Å². The molecule has 1 saturated heterocycles. The van der Waals surface area contributed by atoms with E-state index in [1.807, 2.05) is 11.0 Å². The van der Waals surface area contributed by atoms with E-state index < -0.39 is 0 Å². The Labute approximate surface area is 146 Å². The van der Waals surface area contributed by atoms with Gasteiger partial charge in [0, 0.05) is 13.1 Å². The van der Waals surface area contributed by atoms with Crippen LogP contribution in [0.5, 0.6) is 0 Å². The molecule has 1 fully saturated rings. The summed E-state index contributed by atoms with van der Waals surface area (Å²) in [6, 6.07) is 10.6. The van der Waals surface area contributed by atoms with Crippen LogP contribution in [0.1, 0.15) is 40.6 Å². The number of carbonyl (C=O) groups is 2. The number of hydrogen-bond acceptors (Lipinski definition) is 5. The fraction of sp³-hybridized carbons (Fsp3) is 0.316. The van der Waals surface area contributed by atoms with Crippen molar-refractivity contribution in [1.82, 2.24) is 9.88 Å². The Morgan fingerprint density at radius 2 is 1.92 bits per heavy atom. The Kier molecular flexibility index (Phi) is 5.28. The van der Waals surface area contributed by atoms with Gasteiger partial charge in [-0.05, 0) is 44.0 Å². The summed E-state index contributed by atoms with van der Waals surface area (Å²) in [5.74, 6) is -0.407. The number of hydrogen-bond donors (Lipinski definition) is 1. The van der Waals surface area contributed by atoms with Gasteiger partial charge in [-0.25, -0.2) is 9.78 Å². The quantitative estimate of drug-likeness (QED) is 0.847. The Morgan fingerprint density at radius 1 is 1.16 bits per heavy atom. The lowest BCUT2D eigenvalue weighted by atomic mass is 10.1. The minimum atomic E-state index is -0.376. The summed E-state index contributed by atoms with van der Waals surface area (Å²) < 4.78 is 5.07. The molecule has 6 nitrogen and oxygen atoms in total. The molecule has 2 heterocycles. The van der Waals surface area contributed by atoms with Crippen LogP contribution in [0.4, 0.5) is 11.4 Å². The molecule has 130 valence electrons. The van der Waals surface area contributed by atoms with Crippen molar-refractivity contribution in [3.8, 4) is 0 Å². The Bertz CT molecular complexity index is 753. The summed E-state index contributed by atoms with van der Waals surface area (Å²) in [6.07, 6.45) is 3.71. The smallest absolute Gasteiger partial charge is 0.340 e. The zero-order valence-electron chi connectivity index (χ0n) is 14.2. The molecule has 0 saturated carbocycles. The molecule has 6 heteroatoms. The third-order valence-corrected chi connectivity index (χ3v) is 4.08. The van der Waals surface area contributed by atoms with Crippen LogP contribution in [0, 0.1) is 0 Å². The number of amides is 1. The normalized spacial score (nSPS) is 13.6. The van der Waals surface area contributed by atoms with Gasteiger partial charge < -0.3 is 15.0 Å². The number of nitrogens with zero attached hydrogens (tertiary/aromatic N) is 2. The first-order valence-electron chi connectivity index (χ1n) is 8.47. The molecule has 0 atom stereocenters. The lowest BCUT2D eigenvalue weighted by Crippen LogP contribution is -2.28. The minimum Gasteiger partial charge on any atom is -0.462 e. The van der Waals surface area contributed by atoms with Crippen LogP contribution in [-0.2, 0) is 4.74 Å². The summed E-state index contributed by atoms with van der Waals surface area (Å²) in [6.45, 7) is 3.69. The van der Waals surface area contributed by atoms with E-state index in [1.54, 1.807) is 43.5 Å². The molecule has 1 aromatic heterocycles. The number of para-hydroxylation sites is 1. The molecule has 1 aliphatic heterocycles. The summed E-state index contributed by atoms with van der Waals surface area (Å²) in [5, 5.41) is 3.16. The number of rotatable bonds is 5. The molecule has 0 spiro atoms. The first kappa shape index (κ1) is 17.0. The number of pyridine rings is 1. The molecule has 2 aromatic rings. The van der Waals surface area contributed by atoms with Crippen molar-refractivity contribution in [2.45, 2.75) is 19.8 Å². The number of ether oxygens (including phenoxy) is 1. The minimum absolute atomic E-state index is 0.0315. The van der Waals surface area contributed by atoms with Gasteiger partial charge in [0.1, 0.15) is 5.69 Å². The zero-order chi connectivity index (χ0) is 17.6. The molecule has 25 heavy (non-hydrogen) atoms. The van der Waals surface area contributed by atoms with Crippen LogP contribution in [0.3, 0.4) is 0 Å². The van der Waals surface area contributed by atoms with E-state index in [1.165, 1.54) is 0 Å². The van der Waals surface area contributed by atoms with E-state index in [9.17, 15) is 9.59 Å². The predicted molar refractivity (Wildman–Crippen MR) is 95.1 cm³/mol. The highest BCUT2D eigenvalue weighted by Crippen LogP contribution is 2.22. The maximum atomic E-state index is 12.3. The van der Waals surface area contributed by atoms with Gasteiger partial charge in [-0.1, -0.05) is 12.1 Å².